The molecule has 4 heterocycles. The van der Waals surface area contributed by atoms with Crippen LogP contribution in [0.4, 0.5) is 43.4 Å². The third-order valence-electron chi connectivity index (χ3n) is 16.4. The Morgan fingerprint density at radius 3 is 1.51 bits per heavy atom. The van der Waals surface area contributed by atoms with Crippen molar-refractivity contribution < 1.29 is 64.6 Å². The molecule has 6 N–H and O–H groups in total. The molecular formula is C80H68BBrF6N6O10. The Kier molecular flexibility index (Phi) is 24.4. The number of aromatic nitrogens is 2. The van der Waals surface area contributed by atoms with Crippen LogP contribution in [0.5, 0.6) is 34.5 Å². The van der Waals surface area contributed by atoms with Gasteiger partial charge in [-0.15, -0.1) is 0 Å². The number of anilines is 3. The van der Waals surface area contributed by atoms with Crippen LogP contribution in [-0.2, 0) is 39.5 Å². The number of nitrogen functional groups attached to an aromatic ring is 2. The quantitative estimate of drug-likeness (QED) is 0.0435. The number of nitrogens with one attached hydrogen (secondary N) is 1. The monoisotopic (exact) mass is 1480 g/mol. The SMILES string of the molecule is CC#CC(=O)Nc1ccc(Oc2ccc(F)cc2F)c(C2=CN(C)Cc3ccccc32)c1.CC#CC(=O)O.CC1(C)OB(c2cc(N)ccc2Oc2ccc(F)cc2F)OC1(C)C.Cn1cc(-c2cc(N)ccc2Oc2ccc(F)cc2F)c2ccccc2c1=O.Cn1cc(Br)c2ccccc2c1=O. The Balaban J connectivity index is 0.000000161. The van der Waals surface area contributed by atoms with Crippen LogP contribution in [0.2, 0.25) is 0 Å². The van der Waals surface area contributed by atoms with Gasteiger partial charge in [-0.3, -0.25) is 14.4 Å². The largest absolute Gasteiger partial charge is 0.498 e. The summed E-state index contributed by atoms with van der Waals surface area (Å²) >= 11 is 3.42. The number of pyridine rings is 2. The highest BCUT2D eigenvalue weighted by atomic mass is 79.9. The van der Waals surface area contributed by atoms with E-state index in [4.69, 9.17) is 40.1 Å². The van der Waals surface area contributed by atoms with E-state index in [0.29, 0.717) is 61.9 Å². The number of hydrogen-bond donors (Lipinski definition) is 4. The number of ether oxygens (including phenoxy) is 3. The lowest BCUT2D eigenvalue weighted by molar-refractivity contribution is -0.130. The second kappa shape index (κ2) is 33.2. The van der Waals surface area contributed by atoms with E-state index in [1.165, 1.54) is 29.7 Å². The van der Waals surface area contributed by atoms with Gasteiger partial charge < -0.3 is 59.4 Å². The van der Waals surface area contributed by atoms with Crippen LogP contribution in [0.1, 0.15) is 58.2 Å². The Morgan fingerprint density at radius 2 is 0.981 bits per heavy atom. The first-order valence-electron chi connectivity index (χ1n) is 31.8. The second-order valence-corrected chi connectivity index (χ2v) is 25.3. The maximum atomic E-state index is 14.3. The van der Waals surface area contributed by atoms with E-state index in [0.717, 1.165) is 80.3 Å². The van der Waals surface area contributed by atoms with Crippen LogP contribution >= 0.6 is 15.9 Å². The molecule has 0 unspecified atom stereocenters. The first kappa shape index (κ1) is 76.2. The molecule has 0 saturated carbocycles. The van der Waals surface area contributed by atoms with E-state index >= 15 is 0 Å². The minimum atomic E-state index is -1.07. The number of carbonyl (C=O) groups excluding carboxylic acids is 1. The van der Waals surface area contributed by atoms with Crippen molar-refractivity contribution in [1.82, 2.24) is 14.0 Å². The predicted octanol–water partition coefficient (Wildman–Crippen LogP) is 16.4. The number of carboxylic acids is 1. The maximum absolute atomic E-state index is 14.3. The van der Waals surface area contributed by atoms with Crippen LogP contribution in [0, 0.1) is 58.6 Å². The molecule has 2 aliphatic heterocycles. The zero-order valence-corrected chi connectivity index (χ0v) is 59.2. The number of nitrogens with two attached hydrogens (primary N) is 2. The molecule has 16 nitrogen and oxygen atoms in total. The lowest BCUT2D eigenvalue weighted by Crippen LogP contribution is -2.41. The molecule has 104 heavy (non-hydrogen) atoms. The number of hydrogen-bond acceptors (Lipinski definition) is 12. The lowest BCUT2D eigenvalue weighted by Gasteiger charge is -2.32. The summed E-state index contributed by atoms with van der Waals surface area (Å²) in [6.07, 6.45) is 5.45. The van der Waals surface area contributed by atoms with Gasteiger partial charge in [0, 0.05) is 136 Å². The van der Waals surface area contributed by atoms with Crippen molar-refractivity contribution in [3.05, 3.63) is 277 Å². The van der Waals surface area contributed by atoms with Gasteiger partial charge in [-0.2, -0.15) is 0 Å². The second-order valence-electron chi connectivity index (χ2n) is 24.4. The van der Waals surface area contributed by atoms with Crippen molar-refractivity contribution in [3.63, 3.8) is 0 Å². The molecule has 1 amide bonds. The number of halogens is 7. The molecule has 2 aromatic heterocycles. The van der Waals surface area contributed by atoms with Gasteiger partial charge in [0.2, 0.25) is 0 Å². The molecule has 13 rings (SSSR count). The van der Waals surface area contributed by atoms with Crippen LogP contribution in [0.15, 0.2) is 215 Å². The van der Waals surface area contributed by atoms with Gasteiger partial charge in [0.1, 0.15) is 34.7 Å². The Morgan fingerprint density at radius 1 is 0.529 bits per heavy atom. The number of rotatable bonds is 10. The molecule has 1 saturated heterocycles. The van der Waals surface area contributed by atoms with Crippen molar-refractivity contribution in [2.24, 2.45) is 14.1 Å². The first-order chi connectivity index (χ1) is 49.4. The van der Waals surface area contributed by atoms with E-state index < -0.39 is 65.1 Å². The molecular weight excluding hydrogens is 1410 g/mol. The van der Waals surface area contributed by atoms with Crippen LogP contribution in [0.25, 0.3) is 38.2 Å². The molecule has 9 aromatic carbocycles. The maximum Gasteiger partial charge on any atom is 0.498 e. The summed E-state index contributed by atoms with van der Waals surface area (Å²) in [6, 6.07) is 47.0. The number of carbonyl (C=O) groups is 2. The van der Waals surface area contributed by atoms with E-state index in [1.54, 1.807) is 105 Å². The number of amides is 1. The molecule has 1 fully saturated rings. The third kappa shape index (κ3) is 18.6. The number of benzene rings is 9. The summed E-state index contributed by atoms with van der Waals surface area (Å²) in [5.74, 6) is 3.87. The highest BCUT2D eigenvalue weighted by molar-refractivity contribution is 9.10. The molecule has 0 aliphatic carbocycles. The molecule has 11 aromatic rings. The number of aryl methyl sites for hydroxylation is 2. The van der Waals surface area contributed by atoms with E-state index in [1.807, 2.05) is 112 Å². The fourth-order valence-electron chi connectivity index (χ4n) is 10.7. The molecule has 0 radical (unpaired) electrons. The fraction of sp³-hybridized carbons (Fsp3) is 0.150. The molecule has 0 spiro atoms. The van der Waals surface area contributed by atoms with Gasteiger partial charge in [0.25, 0.3) is 17.0 Å². The van der Waals surface area contributed by atoms with Gasteiger partial charge in [-0.25, -0.2) is 31.1 Å². The van der Waals surface area contributed by atoms with Crippen LogP contribution in [0.3, 0.4) is 0 Å². The third-order valence-corrected chi connectivity index (χ3v) is 17.0. The molecule has 2 aliphatic rings. The van der Waals surface area contributed by atoms with Gasteiger partial charge in [-0.1, -0.05) is 72.5 Å². The number of aliphatic carboxylic acids is 1. The Bertz CT molecular complexity index is 5380. The molecule has 0 atom stereocenters. The van der Waals surface area contributed by atoms with Crippen LogP contribution < -0.4 is 47.6 Å². The van der Waals surface area contributed by atoms with Crippen molar-refractivity contribution in [2.75, 3.05) is 23.8 Å². The summed E-state index contributed by atoms with van der Waals surface area (Å²) in [5, 5.41) is 13.5. The average Bonchev–Trinajstić information content (AvgIpc) is 1.62. The van der Waals surface area contributed by atoms with Gasteiger partial charge in [0.15, 0.2) is 34.7 Å². The van der Waals surface area contributed by atoms with E-state index in [9.17, 15) is 45.5 Å². The standard InChI is InChI=1S/C26H20F2N2O2.C22H16F2N2O2.C18H20BF2NO3.C10H8BrNO.C4H4O2/c1-3-6-26(31)29-19-10-12-24(32-25-11-9-18(27)13-23(25)28)21(14-19)22-16-30(2)15-17-7-4-5-8-20(17)22;1-26-12-18(15-4-2-3-5-16(15)22(26)27)17-11-14(25)7-9-20(17)28-21-8-6-13(23)10-19(21)24;1-17(2)18(3,4)25-19(24-17)13-10-12(22)6-8-15(13)23-16-7-5-11(20)9-14(16)21;1-12-6-9(11)7-4-2-3-5-8(7)10(12)13;1-2-3-4(5)6/h4-5,7-14,16H,15H2,1-2H3,(H,29,31);2-12H,25H2,1H3;5-10H,22H2,1-4H3;2-6H,1H3;1H3,(H,5,6). The van der Waals surface area contributed by atoms with Crippen molar-refractivity contribution in [1.29, 1.82) is 0 Å². The average molecular weight is 1480 g/mol. The normalized spacial score (nSPS) is 12.8. The van der Waals surface area contributed by atoms with Gasteiger partial charge in [0.05, 0.1) is 11.2 Å². The van der Waals surface area contributed by atoms with Crippen molar-refractivity contribution >= 4 is 84.6 Å². The predicted molar refractivity (Wildman–Crippen MR) is 396 cm³/mol. The zero-order valence-electron chi connectivity index (χ0n) is 57.6. The van der Waals surface area contributed by atoms with Crippen LogP contribution in [-0.4, -0.2) is 56.4 Å². The Labute approximate surface area is 603 Å². The summed E-state index contributed by atoms with van der Waals surface area (Å²) in [4.78, 5) is 47.5. The minimum Gasteiger partial charge on any atom is -0.472 e. The molecule has 0 bridgehead atoms. The van der Waals surface area contributed by atoms with E-state index in [-0.39, 0.29) is 28.4 Å². The fourth-order valence-corrected chi connectivity index (χ4v) is 11.4. The van der Waals surface area contributed by atoms with Gasteiger partial charge >= 0.3 is 13.1 Å². The minimum absolute atomic E-state index is 0.0406. The molecule has 24 heteroatoms. The summed E-state index contributed by atoms with van der Waals surface area (Å²) in [5.41, 5.74) is 17.7. The Hall–Kier alpha value is -12.0. The lowest BCUT2D eigenvalue weighted by atomic mass is 9.78. The zero-order chi connectivity index (χ0) is 75.3. The van der Waals surface area contributed by atoms with Crippen molar-refractivity contribution in [2.45, 2.75) is 59.3 Å². The number of fused-ring (bicyclic) bond motifs is 3. The smallest absolute Gasteiger partial charge is 0.472 e. The first-order valence-corrected chi connectivity index (χ1v) is 32.6. The van der Waals surface area contributed by atoms with Crippen molar-refractivity contribution in [3.8, 4) is 69.3 Å². The topological polar surface area (TPSA) is 212 Å². The summed E-state index contributed by atoms with van der Waals surface area (Å²) < 4.78 is 115. The van der Waals surface area contributed by atoms with Gasteiger partial charge in [-0.05, 0) is 183 Å². The molecule has 530 valence electrons. The number of nitrogens with zero attached hydrogens (tertiary/aromatic N) is 3. The summed E-state index contributed by atoms with van der Waals surface area (Å²) in [7, 11) is 4.65. The summed E-state index contributed by atoms with van der Waals surface area (Å²) in [6.45, 7) is 11.5. The highest BCUT2D eigenvalue weighted by Gasteiger charge is 2.52. The van der Waals surface area contributed by atoms with E-state index in [2.05, 4.69) is 39.0 Å². The highest BCUT2D eigenvalue weighted by Crippen LogP contribution is 2.42. The number of carboxylic acid groups (broad SMARTS) is 1.